The Kier molecular flexibility index (Phi) is 7.19. The molecule has 5 N–H and O–H groups in total. The van der Waals surface area contributed by atoms with E-state index < -0.39 is 0 Å². The van der Waals surface area contributed by atoms with Gasteiger partial charge in [0.15, 0.2) is 6.54 Å². The molecule has 0 spiro atoms. The Balaban J connectivity index is 1.59. The first-order chi connectivity index (χ1) is 14.4. The third-order valence-corrected chi connectivity index (χ3v) is 5.60. The molecule has 2 aromatic rings. The van der Waals surface area contributed by atoms with Crippen LogP contribution < -0.4 is 21.3 Å². The van der Waals surface area contributed by atoms with Gasteiger partial charge in [-0.3, -0.25) is 14.4 Å². The Labute approximate surface area is 176 Å². The van der Waals surface area contributed by atoms with Crippen molar-refractivity contribution in [3.8, 4) is 0 Å². The van der Waals surface area contributed by atoms with Gasteiger partial charge >= 0.3 is 0 Å². The number of piperidine rings is 1. The monoisotopic (exact) mass is 409 g/mol. The largest absolute Gasteiger partial charge is 0.369 e. The zero-order chi connectivity index (χ0) is 21.5. The number of anilines is 1. The molecule has 158 valence electrons. The van der Waals surface area contributed by atoms with Crippen LogP contribution in [0.2, 0.25) is 0 Å². The van der Waals surface area contributed by atoms with Crippen molar-refractivity contribution in [1.29, 1.82) is 0 Å². The van der Waals surface area contributed by atoms with E-state index in [0.29, 0.717) is 30.6 Å². The van der Waals surface area contributed by atoms with Gasteiger partial charge in [0.2, 0.25) is 5.91 Å². The van der Waals surface area contributed by atoms with Gasteiger partial charge in [0.05, 0.1) is 30.4 Å². The van der Waals surface area contributed by atoms with E-state index in [1.807, 2.05) is 37.3 Å². The molecule has 7 nitrogen and oxygen atoms in total. The van der Waals surface area contributed by atoms with Gasteiger partial charge in [-0.2, -0.15) is 0 Å². The molecule has 0 radical (unpaired) electrons. The van der Waals surface area contributed by atoms with Crippen LogP contribution >= 0.6 is 0 Å². The van der Waals surface area contributed by atoms with Gasteiger partial charge in [0.1, 0.15) is 0 Å². The van der Waals surface area contributed by atoms with Crippen LogP contribution in [-0.2, 0) is 9.59 Å². The maximum atomic E-state index is 12.8. The fourth-order valence-corrected chi connectivity index (χ4v) is 3.80. The SMILES string of the molecule is C[C@H](NC(=O)c1ccccc1NC(=O)C[NH+]1CCC(C(N)=O)CC1)c1ccccc1. The van der Waals surface area contributed by atoms with Crippen LogP contribution in [0.3, 0.4) is 0 Å². The van der Waals surface area contributed by atoms with Gasteiger partial charge in [-0.1, -0.05) is 42.5 Å². The molecule has 1 atom stereocenters. The first kappa shape index (κ1) is 21.5. The average Bonchev–Trinajstić information content (AvgIpc) is 2.75. The molecule has 7 heteroatoms. The minimum absolute atomic E-state index is 0.0900. The molecule has 30 heavy (non-hydrogen) atoms. The number of nitrogens with one attached hydrogen (secondary N) is 3. The van der Waals surface area contributed by atoms with Crippen LogP contribution in [0.15, 0.2) is 54.6 Å². The predicted octanol–water partition coefficient (Wildman–Crippen LogP) is 0.896. The molecule has 0 aromatic heterocycles. The lowest BCUT2D eigenvalue weighted by Gasteiger charge is -2.27. The highest BCUT2D eigenvalue weighted by atomic mass is 16.2. The number of quaternary nitrogens is 1. The van der Waals surface area contributed by atoms with Crippen molar-refractivity contribution in [2.75, 3.05) is 25.0 Å². The number of hydrogen-bond donors (Lipinski definition) is 4. The third kappa shape index (κ3) is 5.67. The molecule has 1 fully saturated rings. The Hall–Kier alpha value is -3.19. The Morgan fingerprint density at radius 3 is 2.33 bits per heavy atom. The molecule has 0 bridgehead atoms. The molecule has 1 aliphatic heterocycles. The van der Waals surface area contributed by atoms with Crippen molar-refractivity contribution < 1.29 is 19.3 Å². The van der Waals surface area contributed by atoms with Crippen LogP contribution in [0.1, 0.15) is 41.7 Å². The second-order valence-corrected chi connectivity index (χ2v) is 7.80. The fourth-order valence-electron chi connectivity index (χ4n) is 3.80. The van der Waals surface area contributed by atoms with Gasteiger partial charge in [-0.25, -0.2) is 0 Å². The maximum Gasteiger partial charge on any atom is 0.279 e. The van der Waals surface area contributed by atoms with Crippen LogP contribution in [0.4, 0.5) is 5.69 Å². The predicted molar refractivity (Wildman–Crippen MR) is 115 cm³/mol. The summed E-state index contributed by atoms with van der Waals surface area (Å²) in [4.78, 5) is 37.8. The van der Waals surface area contributed by atoms with Crippen LogP contribution in [0, 0.1) is 5.92 Å². The molecule has 0 saturated carbocycles. The summed E-state index contributed by atoms with van der Waals surface area (Å²) in [7, 11) is 0. The second kappa shape index (κ2) is 10.0. The van der Waals surface area contributed by atoms with Gasteiger partial charge in [0.25, 0.3) is 11.8 Å². The molecule has 3 amide bonds. The van der Waals surface area contributed by atoms with Crippen molar-refractivity contribution in [2.24, 2.45) is 11.7 Å². The molecular weight excluding hydrogens is 380 g/mol. The van der Waals surface area contributed by atoms with Crippen LogP contribution in [-0.4, -0.2) is 37.4 Å². The number of amides is 3. The topological polar surface area (TPSA) is 106 Å². The van der Waals surface area contributed by atoms with E-state index in [1.54, 1.807) is 24.3 Å². The summed E-state index contributed by atoms with van der Waals surface area (Å²) in [6, 6.07) is 16.6. The van der Waals surface area contributed by atoms with Crippen molar-refractivity contribution in [3.63, 3.8) is 0 Å². The minimum Gasteiger partial charge on any atom is -0.369 e. The number of carbonyl (C=O) groups excluding carboxylic acids is 3. The Bertz CT molecular complexity index is 892. The minimum atomic E-state index is -0.261. The average molecular weight is 410 g/mol. The smallest absolute Gasteiger partial charge is 0.279 e. The lowest BCUT2D eigenvalue weighted by molar-refractivity contribution is -0.897. The fraction of sp³-hybridized carbons (Fsp3) is 0.348. The highest BCUT2D eigenvalue weighted by molar-refractivity contribution is 6.04. The Morgan fingerprint density at radius 2 is 1.67 bits per heavy atom. The summed E-state index contributed by atoms with van der Waals surface area (Å²) in [5, 5.41) is 5.86. The number of carbonyl (C=O) groups is 3. The maximum absolute atomic E-state index is 12.8. The number of rotatable bonds is 7. The Morgan fingerprint density at radius 1 is 1.03 bits per heavy atom. The third-order valence-electron chi connectivity index (χ3n) is 5.60. The molecule has 1 saturated heterocycles. The normalized spacial score (nSPS) is 19.5. The summed E-state index contributed by atoms with van der Waals surface area (Å²) >= 11 is 0. The first-order valence-corrected chi connectivity index (χ1v) is 10.3. The molecular formula is C23H29N4O3+. The standard InChI is InChI=1S/C23H28N4O3/c1-16(17-7-3-2-4-8-17)25-23(30)19-9-5-6-10-20(19)26-21(28)15-27-13-11-18(12-14-27)22(24)29/h2-10,16,18H,11-15H2,1H3,(H2,24,29)(H,25,30)(H,26,28)/p+1/t16-/m0/s1. The quantitative estimate of drug-likeness (QED) is 0.546. The molecule has 3 rings (SSSR count). The van der Waals surface area contributed by atoms with E-state index in [-0.39, 0.29) is 29.7 Å². The van der Waals surface area contributed by atoms with Gasteiger partial charge in [0, 0.05) is 18.8 Å². The van der Waals surface area contributed by atoms with Crippen molar-refractivity contribution in [2.45, 2.75) is 25.8 Å². The zero-order valence-corrected chi connectivity index (χ0v) is 17.2. The molecule has 2 aromatic carbocycles. The van der Waals surface area contributed by atoms with Crippen molar-refractivity contribution in [1.82, 2.24) is 5.32 Å². The van der Waals surface area contributed by atoms with E-state index >= 15 is 0 Å². The van der Waals surface area contributed by atoms with E-state index in [9.17, 15) is 14.4 Å². The van der Waals surface area contributed by atoms with Gasteiger partial charge in [-0.05, 0) is 24.6 Å². The van der Waals surface area contributed by atoms with Crippen molar-refractivity contribution in [3.05, 3.63) is 65.7 Å². The summed E-state index contributed by atoms with van der Waals surface area (Å²) in [5.41, 5.74) is 7.30. The molecule has 1 heterocycles. The summed E-state index contributed by atoms with van der Waals surface area (Å²) in [5.74, 6) is -0.744. The number of nitrogens with two attached hydrogens (primary N) is 1. The van der Waals surface area contributed by atoms with E-state index in [4.69, 9.17) is 5.73 Å². The zero-order valence-electron chi connectivity index (χ0n) is 17.2. The van der Waals surface area contributed by atoms with Gasteiger partial charge in [-0.15, -0.1) is 0 Å². The summed E-state index contributed by atoms with van der Waals surface area (Å²) in [6.45, 7) is 3.69. The number of likely N-dealkylation sites (tertiary alicyclic amines) is 1. The van der Waals surface area contributed by atoms with E-state index in [1.165, 1.54) is 0 Å². The van der Waals surface area contributed by atoms with E-state index in [2.05, 4.69) is 10.6 Å². The summed E-state index contributed by atoms with van der Waals surface area (Å²) < 4.78 is 0. The van der Waals surface area contributed by atoms with Crippen molar-refractivity contribution >= 4 is 23.4 Å². The summed E-state index contributed by atoms with van der Waals surface area (Å²) in [6.07, 6.45) is 1.41. The highest BCUT2D eigenvalue weighted by Gasteiger charge is 2.27. The van der Waals surface area contributed by atoms with Crippen LogP contribution in [0.5, 0.6) is 0 Å². The molecule has 0 aliphatic carbocycles. The van der Waals surface area contributed by atoms with Crippen LogP contribution in [0.25, 0.3) is 0 Å². The second-order valence-electron chi connectivity index (χ2n) is 7.80. The lowest BCUT2D eigenvalue weighted by Crippen LogP contribution is -3.14. The number of para-hydroxylation sites is 1. The van der Waals surface area contributed by atoms with E-state index in [0.717, 1.165) is 23.6 Å². The molecule has 0 unspecified atom stereocenters. The molecule has 1 aliphatic rings. The number of primary amides is 1. The number of benzene rings is 2. The van der Waals surface area contributed by atoms with Gasteiger partial charge < -0.3 is 21.3 Å². The lowest BCUT2D eigenvalue weighted by atomic mass is 9.96. The number of hydrogen-bond acceptors (Lipinski definition) is 3. The highest BCUT2D eigenvalue weighted by Crippen LogP contribution is 2.18. The first-order valence-electron chi connectivity index (χ1n) is 10.3.